The molecule has 0 atom stereocenters. The molecule has 0 spiro atoms. The van der Waals surface area contributed by atoms with Gasteiger partial charge in [-0.2, -0.15) is 0 Å². The minimum Gasteiger partial charge on any atom is -0.354 e. The summed E-state index contributed by atoms with van der Waals surface area (Å²) in [5.74, 6) is 0. The minimum absolute atomic E-state index is 0.00736. The van der Waals surface area contributed by atoms with Gasteiger partial charge in [0.1, 0.15) is 5.69 Å². The molecule has 96 valence electrons. The van der Waals surface area contributed by atoms with Crippen LogP contribution < -0.4 is 5.43 Å². The van der Waals surface area contributed by atoms with Crippen molar-refractivity contribution in [3.8, 4) is 11.3 Å². The van der Waals surface area contributed by atoms with E-state index in [4.69, 9.17) is 0 Å². The fourth-order valence-corrected chi connectivity index (χ4v) is 2.52. The van der Waals surface area contributed by atoms with Crippen LogP contribution in [0.4, 0.5) is 0 Å². The van der Waals surface area contributed by atoms with E-state index in [1.54, 1.807) is 6.20 Å². The van der Waals surface area contributed by atoms with E-state index in [-0.39, 0.29) is 5.43 Å². The van der Waals surface area contributed by atoms with Crippen molar-refractivity contribution in [2.75, 3.05) is 0 Å². The Kier molecular flexibility index (Phi) is 2.20. The lowest BCUT2D eigenvalue weighted by Gasteiger charge is -2.05. The molecule has 0 saturated carbocycles. The molecule has 0 amide bonds. The summed E-state index contributed by atoms with van der Waals surface area (Å²) in [6, 6.07) is 13.2. The summed E-state index contributed by atoms with van der Waals surface area (Å²) < 4.78 is 0. The number of nitrogens with zero attached hydrogens (tertiary/aromatic N) is 2. The summed E-state index contributed by atoms with van der Waals surface area (Å²) in [5.41, 5.74) is 3.09. The maximum atomic E-state index is 12.7. The summed E-state index contributed by atoms with van der Waals surface area (Å²) in [6.07, 6.45) is 1.68. The Morgan fingerprint density at radius 3 is 2.65 bits per heavy atom. The Bertz CT molecular complexity index is 970. The highest BCUT2D eigenvalue weighted by Gasteiger charge is 2.11. The average molecular weight is 262 g/mol. The zero-order valence-electron chi connectivity index (χ0n) is 10.4. The molecule has 0 aliphatic heterocycles. The van der Waals surface area contributed by atoms with Crippen LogP contribution in [0.1, 0.15) is 0 Å². The predicted octanol–water partition coefficient (Wildman–Crippen LogP) is 2.47. The van der Waals surface area contributed by atoms with Crippen molar-refractivity contribution in [3.05, 3.63) is 58.9 Å². The van der Waals surface area contributed by atoms with Gasteiger partial charge in [-0.1, -0.05) is 29.5 Å². The van der Waals surface area contributed by atoms with Gasteiger partial charge in [0, 0.05) is 16.5 Å². The number of fused-ring (bicyclic) bond motifs is 2. The number of H-pyrrole nitrogens is 2. The van der Waals surface area contributed by atoms with Crippen LogP contribution in [0.25, 0.3) is 33.1 Å². The van der Waals surface area contributed by atoms with Crippen LogP contribution in [0, 0.1) is 0 Å². The minimum atomic E-state index is 0.00736. The highest BCUT2D eigenvalue weighted by atomic mass is 16.1. The summed E-state index contributed by atoms with van der Waals surface area (Å²) in [5, 5.41) is 11.7. The van der Waals surface area contributed by atoms with Crippen LogP contribution in [0.2, 0.25) is 0 Å². The SMILES string of the molecule is O=c1c2ccccc2[nH]c2cccc(-c3c[nH]nn3)c12. The fourth-order valence-electron chi connectivity index (χ4n) is 2.52. The number of aromatic amines is 2. The maximum Gasteiger partial charge on any atom is 0.197 e. The molecule has 4 aromatic rings. The first-order valence-electron chi connectivity index (χ1n) is 6.25. The van der Waals surface area contributed by atoms with Gasteiger partial charge in [-0.15, -0.1) is 5.10 Å². The summed E-state index contributed by atoms with van der Waals surface area (Å²) >= 11 is 0. The Morgan fingerprint density at radius 1 is 0.950 bits per heavy atom. The molecule has 0 aliphatic rings. The molecule has 0 saturated heterocycles. The normalized spacial score (nSPS) is 11.2. The highest BCUT2D eigenvalue weighted by Crippen LogP contribution is 2.24. The fraction of sp³-hybridized carbons (Fsp3) is 0. The van der Waals surface area contributed by atoms with Crippen molar-refractivity contribution in [2.24, 2.45) is 0 Å². The van der Waals surface area contributed by atoms with E-state index in [1.807, 2.05) is 42.5 Å². The quantitative estimate of drug-likeness (QED) is 0.517. The van der Waals surface area contributed by atoms with Crippen LogP contribution in [0.5, 0.6) is 0 Å². The monoisotopic (exact) mass is 262 g/mol. The van der Waals surface area contributed by atoms with Gasteiger partial charge in [-0.25, -0.2) is 0 Å². The lowest BCUT2D eigenvalue weighted by molar-refractivity contribution is 0.942. The van der Waals surface area contributed by atoms with E-state index in [0.29, 0.717) is 16.5 Å². The molecule has 5 nitrogen and oxygen atoms in total. The van der Waals surface area contributed by atoms with Crippen LogP contribution in [0.15, 0.2) is 53.5 Å². The van der Waals surface area contributed by atoms with Gasteiger partial charge in [0.2, 0.25) is 0 Å². The van der Waals surface area contributed by atoms with Crippen LogP contribution in [-0.4, -0.2) is 20.4 Å². The molecule has 0 bridgehead atoms. The third-order valence-corrected chi connectivity index (χ3v) is 3.43. The summed E-state index contributed by atoms with van der Waals surface area (Å²) in [4.78, 5) is 16.0. The Balaban J connectivity index is 2.23. The molecular weight excluding hydrogens is 252 g/mol. The Hall–Kier alpha value is -2.95. The summed E-state index contributed by atoms with van der Waals surface area (Å²) in [7, 11) is 0. The number of hydrogen-bond acceptors (Lipinski definition) is 3. The first-order chi connectivity index (χ1) is 9.84. The van der Waals surface area contributed by atoms with Crippen molar-refractivity contribution in [2.45, 2.75) is 0 Å². The summed E-state index contributed by atoms with van der Waals surface area (Å²) in [6.45, 7) is 0. The molecule has 2 heterocycles. The number of aromatic nitrogens is 4. The second-order valence-corrected chi connectivity index (χ2v) is 4.59. The third kappa shape index (κ3) is 1.46. The number of nitrogens with one attached hydrogen (secondary N) is 2. The lowest BCUT2D eigenvalue weighted by Crippen LogP contribution is -2.05. The van der Waals surface area contributed by atoms with Gasteiger partial charge in [0.25, 0.3) is 0 Å². The average Bonchev–Trinajstić information content (AvgIpc) is 3.01. The van der Waals surface area contributed by atoms with Crippen molar-refractivity contribution < 1.29 is 0 Å². The number of pyridine rings is 1. The van der Waals surface area contributed by atoms with Crippen molar-refractivity contribution in [3.63, 3.8) is 0 Å². The molecule has 4 rings (SSSR count). The predicted molar refractivity (Wildman–Crippen MR) is 77.5 cm³/mol. The van der Waals surface area contributed by atoms with Gasteiger partial charge in [-0.05, 0) is 18.2 Å². The molecule has 2 N–H and O–H groups in total. The van der Waals surface area contributed by atoms with Gasteiger partial charge in [0.05, 0.1) is 17.1 Å². The zero-order chi connectivity index (χ0) is 13.5. The van der Waals surface area contributed by atoms with E-state index in [9.17, 15) is 4.79 Å². The molecule has 0 unspecified atom stereocenters. The molecule has 0 aliphatic carbocycles. The Morgan fingerprint density at radius 2 is 1.80 bits per heavy atom. The largest absolute Gasteiger partial charge is 0.354 e. The van der Waals surface area contributed by atoms with Crippen molar-refractivity contribution >= 4 is 21.8 Å². The van der Waals surface area contributed by atoms with E-state index >= 15 is 0 Å². The Labute approximate surface area is 113 Å². The standard InChI is InChI=1S/C15H10N4O/c20-15-10-4-1-2-6-11(10)17-12-7-3-5-9(14(12)15)13-8-16-19-18-13/h1-8H,(H,17,20)(H,16,18,19). The molecule has 0 radical (unpaired) electrons. The molecule has 0 fully saturated rings. The van der Waals surface area contributed by atoms with Gasteiger partial charge in [0.15, 0.2) is 5.43 Å². The van der Waals surface area contributed by atoms with E-state index in [2.05, 4.69) is 20.4 Å². The van der Waals surface area contributed by atoms with Crippen LogP contribution in [0.3, 0.4) is 0 Å². The van der Waals surface area contributed by atoms with Gasteiger partial charge >= 0.3 is 0 Å². The third-order valence-electron chi connectivity index (χ3n) is 3.43. The van der Waals surface area contributed by atoms with Crippen LogP contribution >= 0.6 is 0 Å². The zero-order valence-corrected chi connectivity index (χ0v) is 10.4. The highest BCUT2D eigenvalue weighted by molar-refractivity contribution is 6.00. The van der Waals surface area contributed by atoms with Crippen molar-refractivity contribution in [1.82, 2.24) is 20.4 Å². The second kappa shape index (κ2) is 4.03. The molecule has 20 heavy (non-hydrogen) atoms. The number of hydrogen-bond donors (Lipinski definition) is 2. The van der Waals surface area contributed by atoms with Crippen LogP contribution in [-0.2, 0) is 0 Å². The molecule has 2 aromatic heterocycles. The maximum absolute atomic E-state index is 12.7. The number of para-hydroxylation sites is 1. The number of rotatable bonds is 1. The van der Waals surface area contributed by atoms with Gasteiger partial charge in [-0.3, -0.25) is 9.89 Å². The first-order valence-corrected chi connectivity index (χ1v) is 6.25. The second-order valence-electron chi connectivity index (χ2n) is 4.59. The molecule has 2 aromatic carbocycles. The van der Waals surface area contributed by atoms with Crippen molar-refractivity contribution in [1.29, 1.82) is 0 Å². The van der Waals surface area contributed by atoms with Gasteiger partial charge < -0.3 is 4.98 Å². The number of benzene rings is 2. The molecule has 5 heteroatoms. The van der Waals surface area contributed by atoms with E-state index in [1.165, 1.54) is 0 Å². The van der Waals surface area contributed by atoms with E-state index in [0.717, 1.165) is 16.6 Å². The molecular formula is C15H10N4O. The topological polar surface area (TPSA) is 74.4 Å². The smallest absolute Gasteiger partial charge is 0.197 e. The lowest BCUT2D eigenvalue weighted by atomic mass is 10.0. The first kappa shape index (κ1) is 10.9. The van der Waals surface area contributed by atoms with E-state index < -0.39 is 0 Å².